The third-order valence-corrected chi connectivity index (χ3v) is 6.17. The SMILES string of the molecule is CCN1CCN(c2ccc(NS(=O)(=O)c3ccc(F)cc3)c(C(=O)O)c2)CC1. The first-order valence-corrected chi connectivity index (χ1v) is 10.4. The molecule has 1 aliphatic heterocycles. The van der Waals surface area contributed by atoms with Gasteiger partial charge in [0.1, 0.15) is 5.82 Å². The third-order valence-electron chi connectivity index (χ3n) is 4.79. The van der Waals surface area contributed by atoms with Crippen LogP contribution in [0.25, 0.3) is 0 Å². The number of aromatic carboxylic acids is 1. The predicted octanol–water partition coefficient (Wildman–Crippen LogP) is 2.47. The highest BCUT2D eigenvalue weighted by atomic mass is 32.2. The minimum absolute atomic E-state index is 0.0345. The number of sulfonamides is 1. The summed E-state index contributed by atoms with van der Waals surface area (Å²) < 4.78 is 40.3. The summed E-state index contributed by atoms with van der Waals surface area (Å²) in [5, 5.41) is 9.56. The number of rotatable bonds is 6. The molecule has 2 N–H and O–H groups in total. The third kappa shape index (κ3) is 4.42. The molecule has 28 heavy (non-hydrogen) atoms. The molecule has 0 amide bonds. The van der Waals surface area contributed by atoms with Gasteiger partial charge in [0, 0.05) is 31.9 Å². The molecule has 0 radical (unpaired) electrons. The predicted molar refractivity (Wildman–Crippen MR) is 105 cm³/mol. The topological polar surface area (TPSA) is 90.0 Å². The lowest BCUT2D eigenvalue weighted by Gasteiger charge is -2.35. The Bertz CT molecular complexity index is 956. The van der Waals surface area contributed by atoms with E-state index in [-0.39, 0.29) is 16.1 Å². The first-order chi connectivity index (χ1) is 13.3. The van der Waals surface area contributed by atoms with Crippen LogP contribution < -0.4 is 9.62 Å². The molecule has 2 aromatic rings. The van der Waals surface area contributed by atoms with Crippen molar-refractivity contribution in [1.82, 2.24) is 4.90 Å². The summed E-state index contributed by atoms with van der Waals surface area (Å²) in [6, 6.07) is 8.95. The Hall–Kier alpha value is -2.65. The van der Waals surface area contributed by atoms with Crippen LogP contribution >= 0.6 is 0 Å². The number of piperazine rings is 1. The van der Waals surface area contributed by atoms with E-state index in [9.17, 15) is 22.7 Å². The van der Waals surface area contributed by atoms with E-state index in [4.69, 9.17) is 0 Å². The van der Waals surface area contributed by atoms with Crippen LogP contribution in [0.3, 0.4) is 0 Å². The first-order valence-electron chi connectivity index (χ1n) is 8.93. The maximum absolute atomic E-state index is 13.0. The number of benzene rings is 2. The molecule has 1 saturated heterocycles. The van der Waals surface area contributed by atoms with Crippen LogP contribution in [0.4, 0.5) is 15.8 Å². The Morgan fingerprint density at radius 3 is 2.32 bits per heavy atom. The van der Waals surface area contributed by atoms with Crippen LogP contribution in [0.1, 0.15) is 17.3 Å². The van der Waals surface area contributed by atoms with Gasteiger partial charge in [0.05, 0.1) is 16.1 Å². The quantitative estimate of drug-likeness (QED) is 0.765. The monoisotopic (exact) mass is 407 g/mol. The zero-order valence-corrected chi connectivity index (χ0v) is 16.2. The number of halogens is 1. The van der Waals surface area contributed by atoms with Crippen molar-refractivity contribution in [2.75, 3.05) is 42.3 Å². The first kappa shape index (κ1) is 20.1. The fraction of sp³-hybridized carbons (Fsp3) is 0.316. The maximum Gasteiger partial charge on any atom is 0.337 e. The van der Waals surface area contributed by atoms with Crippen LogP contribution in [0.15, 0.2) is 47.4 Å². The molecule has 2 aromatic carbocycles. The van der Waals surface area contributed by atoms with Gasteiger partial charge in [-0.05, 0) is 49.0 Å². The minimum Gasteiger partial charge on any atom is -0.478 e. The second kappa shape index (κ2) is 8.15. The van der Waals surface area contributed by atoms with Gasteiger partial charge in [-0.2, -0.15) is 0 Å². The summed E-state index contributed by atoms with van der Waals surface area (Å²) in [5.41, 5.74) is 0.562. The van der Waals surface area contributed by atoms with E-state index in [0.717, 1.165) is 62.7 Å². The molecule has 7 nitrogen and oxygen atoms in total. The Morgan fingerprint density at radius 1 is 1.11 bits per heavy atom. The molecule has 0 atom stereocenters. The van der Waals surface area contributed by atoms with Crippen LogP contribution in [-0.2, 0) is 10.0 Å². The summed E-state index contributed by atoms with van der Waals surface area (Å²) in [4.78, 5) is 15.9. The fourth-order valence-electron chi connectivity index (χ4n) is 3.13. The van der Waals surface area contributed by atoms with E-state index in [1.807, 2.05) is 0 Å². The molecular formula is C19H22FN3O4S. The highest BCUT2D eigenvalue weighted by molar-refractivity contribution is 7.92. The standard InChI is InChI=1S/C19H22FN3O4S/c1-2-22-9-11-23(12-10-22)15-5-8-18(17(13-15)19(24)25)21-28(26,27)16-6-3-14(20)4-7-16/h3-8,13,21H,2,9-12H2,1H3,(H,24,25). The molecular weight excluding hydrogens is 385 g/mol. The van der Waals surface area contributed by atoms with Gasteiger partial charge in [-0.25, -0.2) is 17.6 Å². The highest BCUT2D eigenvalue weighted by Gasteiger charge is 2.22. The molecule has 0 saturated carbocycles. The highest BCUT2D eigenvalue weighted by Crippen LogP contribution is 2.26. The van der Waals surface area contributed by atoms with Gasteiger partial charge in [-0.15, -0.1) is 0 Å². The number of nitrogens with one attached hydrogen (secondary N) is 1. The number of carbonyl (C=O) groups is 1. The summed E-state index contributed by atoms with van der Waals surface area (Å²) in [7, 11) is -4.03. The molecule has 0 aliphatic carbocycles. The average Bonchev–Trinajstić information content (AvgIpc) is 2.68. The second-order valence-corrected chi connectivity index (χ2v) is 8.20. The molecule has 0 aromatic heterocycles. The van der Waals surface area contributed by atoms with Crippen molar-refractivity contribution in [1.29, 1.82) is 0 Å². The zero-order valence-electron chi connectivity index (χ0n) is 15.4. The van der Waals surface area contributed by atoms with Crippen molar-refractivity contribution in [3.05, 3.63) is 53.8 Å². The van der Waals surface area contributed by atoms with E-state index in [2.05, 4.69) is 21.4 Å². The molecule has 1 heterocycles. The van der Waals surface area contributed by atoms with Crippen molar-refractivity contribution in [3.63, 3.8) is 0 Å². The number of nitrogens with zero attached hydrogens (tertiary/aromatic N) is 2. The second-order valence-electron chi connectivity index (χ2n) is 6.52. The lowest BCUT2D eigenvalue weighted by atomic mass is 10.1. The van der Waals surface area contributed by atoms with Gasteiger partial charge >= 0.3 is 5.97 Å². The van der Waals surface area contributed by atoms with Crippen LogP contribution in [-0.4, -0.2) is 57.1 Å². The van der Waals surface area contributed by atoms with Crippen LogP contribution in [0, 0.1) is 5.82 Å². The summed E-state index contributed by atoms with van der Waals surface area (Å²) in [5.74, 6) is -1.79. The van der Waals surface area contributed by atoms with Gasteiger partial charge < -0.3 is 14.9 Å². The number of carboxylic acids is 1. The Morgan fingerprint density at radius 2 is 1.75 bits per heavy atom. The number of likely N-dealkylation sites (N-methyl/N-ethyl adjacent to an activating group) is 1. The van der Waals surface area contributed by atoms with Crippen molar-refractivity contribution in [3.8, 4) is 0 Å². The van der Waals surface area contributed by atoms with E-state index >= 15 is 0 Å². The molecule has 1 aliphatic rings. The number of hydrogen-bond acceptors (Lipinski definition) is 5. The Kier molecular flexibility index (Phi) is 5.85. The minimum atomic E-state index is -4.03. The van der Waals surface area contributed by atoms with Gasteiger partial charge in [0.25, 0.3) is 10.0 Å². The van der Waals surface area contributed by atoms with Gasteiger partial charge in [0.15, 0.2) is 0 Å². The Balaban J connectivity index is 1.85. The molecule has 0 bridgehead atoms. The normalized spacial score (nSPS) is 15.4. The van der Waals surface area contributed by atoms with Gasteiger partial charge in [-0.1, -0.05) is 6.92 Å². The molecule has 1 fully saturated rings. The number of hydrogen-bond donors (Lipinski definition) is 2. The molecule has 150 valence electrons. The Labute approximate surface area is 163 Å². The van der Waals surface area contributed by atoms with E-state index in [0.29, 0.717) is 0 Å². The number of carboxylic acid groups (broad SMARTS) is 1. The van der Waals surface area contributed by atoms with Crippen molar-refractivity contribution < 1.29 is 22.7 Å². The maximum atomic E-state index is 13.0. The summed E-state index contributed by atoms with van der Waals surface area (Å²) in [6.07, 6.45) is 0. The fourth-order valence-corrected chi connectivity index (χ4v) is 4.21. The largest absolute Gasteiger partial charge is 0.478 e. The van der Waals surface area contributed by atoms with Gasteiger partial charge in [0.2, 0.25) is 0 Å². The van der Waals surface area contributed by atoms with Crippen LogP contribution in [0.2, 0.25) is 0 Å². The molecule has 3 rings (SSSR count). The van der Waals surface area contributed by atoms with Crippen LogP contribution in [0.5, 0.6) is 0 Å². The van der Waals surface area contributed by atoms with Crippen molar-refractivity contribution in [2.24, 2.45) is 0 Å². The summed E-state index contributed by atoms with van der Waals surface area (Å²) >= 11 is 0. The lowest BCUT2D eigenvalue weighted by Crippen LogP contribution is -2.46. The smallest absolute Gasteiger partial charge is 0.337 e. The molecule has 0 unspecified atom stereocenters. The number of anilines is 2. The van der Waals surface area contributed by atoms with E-state index in [1.165, 1.54) is 12.1 Å². The van der Waals surface area contributed by atoms with Gasteiger partial charge in [-0.3, -0.25) is 4.72 Å². The summed E-state index contributed by atoms with van der Waals surface area (Å²) in [6.45, 7) is 6.38. The van der Waals surface area contributed by atoms with E-state index < -0.39 is 21.8 Å². The van der Waals surface area contributed by atoms with Crippen molar-refractivity contribution >= 4 is 27.4 Å². The average molecular weight is 407 g/mol. The lowest BCUT2D eigenvalue weighted by molar-refractivity contribution is 0.0698. The van der Waals surface area contributed by atoms with E-state index in [1.54, 1.807) is 6.07 Å². The molecule has 9 heteroatoms. The molecule has 0 spiro atoms. The van der Waals surface area contributed by atoms with Crippen molar-refractivity contribution in [2.45, 2.75) is 11.8 Å². The zero-order chi connectivity index (χ0) is 20.3.